The van der Waals surface area contributed by atoms with Crippen LogP contribution in [0.15, 0.2) is 30.6 Å². The molecular weight excluding hydrogens is 405 g/mol. The van der Waals surface area contributed by atoms with E-state index in [9.17, 15) is 4.79 Å². The highest BCUT2D eigenvalue weighted by Crippen LogP contribution is 2.24. The van der Waals surface area contributed by atoms with Gasteiger partial charge in [-0.3, -0.25) is 10.1 Å². The number of aromatic nitrogens is 4. The quantitative estimate of drug-likeness (QED) is 0.363. The third-order valence-corrected chi connectivity index (χ3v) is 6.65. The monoisotopic (exact) mass is 425 g/mol. The number of hydrogen-bond donors (Lipinski definition) is 1. The standard InChI is InChI=1S/C20H20B4ClN5O/c1-8-26-7-12(30(8)2)9-3-4-10-6-27-20(28-11(10)5-9)29-19(31)13-14(21)16(23)18(25)17(24)15(13)22/h3-7H,21-24H2,1-2H3,(H,27,28,29,31). The van der Waals surface area contributed by atoms with Crippen molar-refractivity contribution in [1.29, 1.82) is 0 Å². The Morgan fingerprint density at radius 3 is 2.32 bits per heavy atom. The van der Waals surface area contributed by atoms with Crippen molar-refractivity contribution >= 4 is 87.6 Å². The average Bonchev–Trinajstić information content (AvgIpc) is 3.09. The van der Waals surface area contributed by atoms with Crippen molar-refractivity contribution in [1.82, 2.24) is 19.5 Å². The molecule has 150 valence electrons. The molecule has 4 rings (SSSR count). The van der Waals surface area contributed by atoms with Crippen LogP contribution in [-0.4, -0.2) is 56.8 Å². The first-order valence-electron chi connectivity index (χ1n) is 10.0. The maximum Gasteiger partial charge on any atom is 0.256 e. The molecule has 0 aliphatic carbocycles. The predicted molar refractivity (Wildman–Crippen MR) is 139 cm³/mol. The molecule has 31 heavy (non-hydrogen) atoms. The summed E-state index contributed by atoms with van der Waals surface area (Å²) in [6.07, 6.45) is 3.56. The molecule has 4 aromatic rings. The van der Waals surface area contributed by atoms with Crippen molar-refractivity contribution < 1.29 is 4.79 Å². The van der Waals surface area contributed by atoms with Crippen molar-refractivity contribution in [3.05, 3.63) is 47.0 Å². The lowest BCUT2D eigenvalue weighted by Gasteiger charge is -2.17. The number of anilines is 1. The molecular formula is C20H20B4ClN5O. The fourth-order valence-corrected chi connectivity index (χ4v) is 4.07. The van der Waals surface area contributed by atoms with E-state index in [-0.39, 0.29) is 11.9 Å². The Hall–Kier alpha value is -2.99. The minimum Gasteiger partial charge on any atom is -0.331 e. The summed E-state index contributed by atoms with van der Waals surface area (Å²) in [6, 6.07) is 5.97. The minimum absolute atomic E-state index is 0.240. The summed E-state index contributed by atoms with van der Waals surface area (Å²) in [6.45, 7) is 1.96. The number of rotatable bonds is 3. The minimum atomic E-state index is -0.240. The van der Waals surface area contributed by atoms with Crippen LogP contribution < -0.4 is 27.2 Å². The van der Waals surface area contributed by atoms with E-state index < -0.39 is 0 Å². The first-order valence-corrected chi connectivity index (χ1v) is 10.4. The summed E-state index contributed by atoms with van der Waals surface area (Å²) in [5.41, 5.74) is 6.90. The molecule has 2 aromatic carbocycles. The average molecular weight is 425 g/mol. The fourth-order valence-electron chi connectivity index (χ4n) is 3.78. The molecule has 0 atom stereocenters. The van der Waals surface area contributed by atoms with Crippen LogP contribution in [0.25, 0.3) is 22.2 Å². The number of halogens is 1. The van der Waals surface area contributed by atoms with E-state index >= 15 is 0 Å². The van der Waals surface area contributed by atoms with Crippen LogP contribution in [0, 0.1) is 6.92 Å². The fraction of sp³-hybridized carbons (Fsp3) is 0.100. The number of nitrogens with one attached hydrogen (secondary N) is 1. The molecule has 0 unspecified atom stereocenters. The van der Waals surface area contributed by atoms with Gasteiger partial charge in [0, 0.05) is 34.8 Å². The highest BCUT2D eigenvalue weighted by molar-refractivity contribution is 6.65. The molecule has 2 heterocycles. The Bertz CT molecular complexity index is 1340. The summed E-state index contributed by atoms with van der Waals surface area (Å²) in [5.74, 6) is 0.959. The molecule has 0 aliphatic heterocycles. The van der Waals surface area contributed by atoms with Crippen molar-refractivity contribution in [3.8, 4) is 11.3 Å². The molecule has 11 heteroatoms. The van der Waals surface area contributed by atoms with Gasteiger partial charge in [0.05, 0.1) is 17.4 Å². The van der Waals surface area contributed by atoms with Crippen molar-refractivity contribution in [2.24, 2.45) is 7.05 Å². The van der Waals surface area contributed by atoms with Crippen LogP contribution in [0.5, 0.6) is 0 Å². The van der Waals surface area contributed by atoms with Crippen LogP contribution in [0.2, 0.25) is 5.02 Å². The zero-order chi connectivity index (χ0) is 22.4. The zero-order valence-electron chi connectivity index (χ0n) is 18.5. The molecule has 0 spiro atoms. The lowest BCUT2D eigenvalue weighted by molar-refractivity contribution is 0.102. The second-order valence-corrected chi connectivity index (χ2v) is 8.24. The molecule has 0 radical (unpaired) electrons. The number of hydrogen-bond acceptors (Lipinski definition) is 4. The van der Waals surface area contributed by atoms with Crippen molar-refractivity contribution in [2.75, 3.05) is 5.32 Å². The van der Waals surface area contributed by atoms with Gasteiger partial charge in [-0.2, -0.15) is 0 Å². The molecule has 0 saturated heterocycles. The lowest BCUT2D eigenvalue weighted by atomic mass is 9.67. The predicted octanol–water partition coefficient (Wildman–Crippen LogP) is -2.72. The number of amides is 1. The number of aryl methyl sites for hydroxylation is 1. The first-order chi connectivity index (χ1) is 14.7. The van der Waals surface area contributed by atoms with Crippen molar-refractivity contribution in [3.63, 3.8) is 0 Å². The van der Waals surface area contributed by atoms with Crippen LogP contribution in [0.3, 0.4) is 0 Å². The van der Waals surface area contributed by atoms with E-state index in [1.807, 2.05) is 74.3 Å². The van der Waals surface area contributed by atoms with Gasteiger partial charge in [0.25, 0.3) is 5.91 Å². The van der Waals surface area contributed by atoms with Gasteiger partial charge < -0.3 is 4.57 Å². The zero-order valence-corrected chi connectivity index (χ0v) is 19.2. The first kappa shape index (κ1) is 21.2. The van der Waals surface area contributed by atoms with Crippen LogP contribution in [0.4, 0.5) is 5.95 Å². The molecule has 1 N–H and O–H groups in total. The second kappa shape index (κ2) is 7.93. The third-order valence-electron chi connectivity index (χ3n) is 6.08. The molecule has 0 aliphatic rings. The summed E-state index contributed by atoms with van der Waals surface area (Å²) in [4.78, 5) is 26.4. The van der Waals surface area contributed by atoms with Gasteiger partial charge in [0.1, 0.15) is 37.2 Å². The summed E-state index contributed by atoms with van der Waals surface area (Å²) >= 11 is 6.41. The largest absolute Gasteiger partial charge is 0.331 e. The number of imidazole rings is 1. The molecule has 0 fully saturated rings. The van der Waals surface area contributed by atoms with Crippen molar-refractivity contribution in [2.45, 2.75) is 6.92 Å². The molecule has 6 nitrogen and oxygen atoms in total. The number of carbonyl (C=O) groups is 1. The van der Waals surface area contributed by atoms with Gasteiger partial charge in [0.15, 0.2) is 0 Å². The van der Waals surface area contributed by atoms with E-state index in [0.29, 0.717) is 10.6 Å². The van der Waals surface area contributed by atoms with Crippen LogP contribution >= 0.6 is 11.6 Å². The Kier molecular flexibility index (Phi) is 5.43. The van der Waals surface area contributed by atoms with Gasteiger partial charge in [-0.15, -0.1) is 0 Å². The van der Waals surface area contributed by atoms with E-state index in [4.69, 9.17) is 11.6 Å². The Labute approximate surface area is 189 Å². The molecule has 1 amide bonds. The van der Waals surface area contributed by atoms with Crippen LogP contribution in [0.1, 0.15) is 16.2 Å². The van der Waals surface area contributed by atoms with Gasteiger partial charge in [-0.25, -0.2) is 15.0 Å². The number of carbonyl (C=O) groups excluding carboxylic acids is 1. The molecule has 0 bridgehead atoms. The van der Waals surface area contributed by atoms with E-state index in [1.54, 1.807) is 6.20 Å². The number of benzene rings is 2. The Balaban J connectivity index is 1.71. The van der Waals surface area contributed by atoms with E-state index in [1.165, 1.54) is 0 Å². The SMILES string of the molecule is Bc1c(B)c(C(=O)Nc2ncc3ccc(-c4cnc(C)n4C)cc3n2)c(B)c(B)c1Cl. The van der Waals surface area contributed by atoms with E-state index in [0.717, 1.165) is 49.8 Å². The normalized spacial score (nSPS) is 11.1. The molecule has 0 saturated carbocycles. The highest BCUT2D eigenvalue weighted by atomic mass is 35.5. The third kappa shape index (κ3) is 3.65. The smallest absolute Gasteiger partial charge is 0.256 e. The second-order valence-electron chi connectivity index (χ2n) is 7.86. The topological polar surface area (TPSA) is 72.7 Å². The summed E-state index contributed by atoms with van der Waals surface area (Å²) in [5, 5.41) is 4.45. The molecule has 2 aromatic heterocycles. The highest BCUT2D eigenvalue weighted by Gasteiger charge is 2.19. The Morgan fingerprint density at radius 2 is 1.71 bits per heavy atom. The summed E-state index contributed by atoms with van der Waals surface area (Å²) in [7, 11) is 9.65. The van der Waals surface area contributed by atoms with Crippen LogP contribution in [-0.2, 0) is 7.05 Å². The Morgan fingerprint density at radius 1 is 1.03 bits per heavy atom. The lowest BCUT2D eigenvalue weighted by Crippen LogP contribution is -2.47. The van der Waals surface area contributed by atoms with Gasteiger partial charge in [-0.1, -0.05) is 45.6 Å². The van der Waals surface area contributed by atoms with Gasteiger partial charge >= 0.3 is 0 Å². The van der Waals surface area contributed by atoms with Gasteiger partial charge in [0.2, 0.25) is 5.95 Å². The number of fused-ring (bicyclic) bond motifs is 1. The summed E-state index contributed by atoms with van der Waals surface area (Å²) < 4.78 is 2.03. The maximum absolute atomic E-state index is 13.1. The van der Waals surface area contributed by atoms with Gasteiger partial charge in [-0.05, 0) is 13.0 Å². The maximum atomic E-state index is 13.1. The van der Waals surface area contributed by atoms with E-state index in [2.05, 4.69) is 20.3 Å². The number of nitrogens with zero attached hydrogens (tertiary/aromatic N) is 4.